The first-order valence-corrected chi connectivity index (χ1v) is 6.97. The smallest absolute Gasteiger partial charge is 0.260 e. The van der Waals surface area contributed by atoms with Crippen LogP contribution in [-0.2, 0) is 0 Å². The molecule has 1 aromatic carbocycles. The van der Waals surface area contributed by atoms with E-state index in [1.165, 1.54) is 12.3 Å². The van der Waals surface area contributed by atoms with Gasteiger partial charge in [-0.3, -0.25) is 4.79 Å². The lowest BCUT2D eigenvalue weighted by atomic mass is 10.2. The summed E-state index contributed by atoms with van der Waals surface area (Å²) in [6.45, 7) is 4.78. The van der Waals surface area contributed by atoms with Crippen LogP contribution in [-0.4, -0.2) is 19.1 Å². The zero-order valence-corrected chi connectivity index (χ0v) is 12.6. The van der Waals surface area contributed by atoms with E-state index in [0.717, 1.165) is 0 Å². The SMILES string of the molecule is CCOc1ccc(OCC)c(NC(=O)c2ccoc2Cl)c1. The fourth-order valence-electron chi connectivity index (χ4n) is 1.79. The Kier molecular flexibility index (Phi) is 5.11. The van der Waals surface area contributed by atoms with Crippen LogP contribution in [0.1, 0.15) is 24.2 Å². The van der Waals surface area contributed by atoms with E-state index in [0.29, 0.717) is 30.4 Å². The van der Waals surface area contributed by atoms with Gasteiger partial charge in [0.1, 0.15) is 11.5 Å². The molecule has 5 nitrogen and oxygen atoms in total. The highest BCUT2D eigenvalue weighted by atomic mass is 35.5. The monoisotopic (exact) mass is 309 g/mol. The van der Waals surface area contributed by atoms with Gasteiger partial charge in [-0.25, -0.2) is 0 Å². The maximum atomic E-state index is 12.2. The minimum Gasteiger partial charge on any atom is -0.494 e. The quantitative estimate of drug-likeness (QED) is 0.876. The molecule has 0 aliphatic rings. The van der Waals surface area contributed by atoms with Gasteiger partial charge in [-0.2, -0.15) is 0 Å². The Morgan fingerprint density at radius 1 is 1.24 bits per heavy atom. The largest absolute Gasteiger partial charge is 0.494 e. The molecule has 21 heavy (non-hydrogen) atoms. The van der Waals surface area contributed by atoms with Gasteiger partial charge in [0.25, 0.3) is 5.91 Å². The van der Waals surface area contributed by atoms with Gasteiger partial charge in [0.2, 0.25) is 5.22 Å². The normalized spacial score (nSPS) is 10.2. The van der Waals surface area contributed by atoms with E-state index in [2.05, 4.69) is 5.32 Å². The number of carbonyl (C=O) groups excluding carboxylic acids is 1. The summed E-state index contributed by atoms with van der Waals surface area (Å²) < 4.78 is 15.8. The number of carbonyl (C=O) groups is 1. The molecular weight excluding hydrogens is 294 g/mol. The van der Waals surface area contributed by atoms with Crippen LogP contribution in [0.15, 0.2) is 34.9 Å². The van der Waals surface area contributed by atoms with Crippen molar-refractivity contribution in [3.8, 4) is 11.5 Å². The summed E-state index contributed by atoms with van der Waals surface area (Å²) in [6, 6.07) is 6.75. The van der Waals surface area contributed by atoms with Gasteiger partial charge >= 0.3 is 0 Å². The van der Waals surface area contributed by atoms with Crippen LogP contribution in [0.2, 0.25) is 5.22 Å². The molecule has 0 bridgehead atoms. The predicted octanol–water partition coefficient (Wildman–Crippen LogP) is 3.98. The topological polar surface area (TPSA) is 60.7 Å². The summed E-state index contributed by atoms with van der Waals surface area (Å²) in [5.41, 5.74) is 0.783. The van der Waals surface area contributed by atoms with Crippen molar-refractivity contribution in [2.45, 2.75) is 13.8 Å². The molecular formula is C15H16ClNO4. The summed E-state index contributed by atoms with van der Waals surface area (Å²) in [5.74, 6) is 0.840. The standard InChI is InChI=1S/C15H16ClNO4/c1-3-19-10-5-6-13(20-4-2)12(9-10)17-15(18)11-7-8-21-14(11)16/h5-9H,3-4H2,1-2H3,(H,17,18). The second-order valence-corrected chi connectivity index (χ2v) is 4.43. The first kappa shape index (κ1) is 15.3. The summed E-state index contributed by atoms with van der Waals surface area (Å²) in [5, 5.41) is 2.80. The van der Waals surface area contributed by atoms with Crippen molar-refractivity contribution in [3.05, 3.63) is 41.3 Å². The van der Waals surface area contributed by atoms with Gasteiger partial charge in [0.05, 0.1) is 30.7 Å². The van der Waals surface area contributed by atoms with Gasteiger partial charge < -0.3 is 19.2 Å². The lowest BCUT2D eigenvalue weighted by Gasteiger charge is -2.13. The number of amides is 1. The van der Waals surface area contributed by atoms with Gasteiger partial charge in [-0.1, -0.05) is 0 Å². The predicted molar refractivity (Wildman–Crippen MR) is 80.5 cm³/mol. The second kappa shape index (κ2) is 7.04. The molecule has 0 unspecified atom stereocenters. The number of anilines is 1. The van der Waals surface area contributed by atoms with E-state index >= 15 is 0 Å². The van der Waals surface area contributed by atoms with Crippen LogP contribution >= 0.6 is 11.6 Å². The first-order chi connectivity index (χ1) is 10.2. The molecule has 1 amide bonds. The number of nitrogens with one attached hydrogen (secondary N) is 1. The van der Waals surface area contributed by atoms with E-state index < -0.39 is 0 Å². The third kappa shape index (κ3) is 3.70. The summed E-state index contributed by atoms with van der Waals surface area (Å²) >= 11 is 5.80. The van der Waals surface area contributed by atoms with Crippen LogP contribution in [0.4, 0.5) is 5.69 Å². The fourth-order valence-corrected chi connectivity index (χ4v) is 1.99. The second-order valence-electron chi connectivity index (χ2n) is 4.09. The van der Waals surface area contributed by atoms with Gasteiger partial charge in [-0.05, 0) is 43.6 Å². The van der Waals surface area contributed by atoms with Crippen molar-refractivity contribution in [2.75, 3.05) is 18.5 Å². The highest BCUT2D eigenvalue weighted by Gasteiger charge is 2.15. The third-order valence-electron chi connectivity index (χ3n) is 2.67. The third-order valence-corrected chi connectivity index (χ3v) is 2.97. The number of furan rings is 1. The Morgan fingerprint density at radius 2 is 2.00 bits per heavy atom. The molecule has 2 rings (SSSR count). The van der Waals surface area contributed by atoms with Crippen LogP contribution in [0.25, 0.3) is 0 Å². The number of hydrogen-bond acceptors (Lipinski definition) is 4. The van der Waals surface area contributed by atoms with E-state index in [-0.39, 0.29) is 16.7 Å². The van der Waals surface area contributed by atoms with Crippen LogP contribution < -0.4 is 14.8 Å². The fraction of sp³-hybridized carbons (Fsp3) is 0.267. The number of ether oxygens (including phenoxy) is 2. The molecule has 0 saturated heterocycles. The molecule has 0 saturated carbocycles. The molecule has 112 valence electrons. The zero-order chi connectivity index (χ0) is 15.2. The zero-order valence-electron chi connectivity index (χ0n) is 11.8. The average molecular weight is 310 g/mol. The molecule has 0 aliphatic carbocycles. The Balaban J connectivity index is 2.25. The summed E-state index contributed by atoms with van der Waals surface area (Å²) in [6.07, 6.45) is 1.36. The molecule has 1 N–H and O–H groups in total. The van der Waals surface area contributed by atoms with Crippen molar-refractivity contribution in [2.24, 2.45) is 0 Å². The van der Waals surface area contributed by atoms with E-state index in [1.54, 1.807) is 18.2 Å². The molecule has 1 aromatic heterocycles. The Labute approximate surface area is 127 Å². The minimum atomic E-state index is -0.372. The molecule has 0 fully saturated rings. The van der Waals surface area contributed by atoms with E-state index in [1.807, 2.05) is 13.8 Å². The Morgan fingerprint density at radius 3 is 2.62 bits per heavy atom. The van der Waals surface area contributed by atoms with E-state index in [9.17, 15) is 4.79 Å². The molecule has 2 aromatic rings. The highest BCUT2D eigenvalue weighted by Crippen LogP contribution is 2.30. The van der Waals surface area contributed by atoms with Gasteiger partial charge in [0.15, 0.2) is 0 Å². The molecule has 0 aliphatic heterocycles. The summed E-state index contributed by atoms with van der Waals surface area (Å²) in [4.78, 5) is 12.2. The summed E-state index contributed by atoms with van der Waals surface area (Å²) in [7, 11) is 0. The number of halogens is 1. The molecule has 0 radical (unpaired) electrons. The maximum absolute atomic E-state index is 12.2. The van der Waals surface area contributed by atoms with Crippen LogP contribution in [0, 0.1) is 0 Å². The number of rotatable bonds is 6. The number of hydrogen-bond donors (Lipinski definition) is 1. The lowest BCUT2D eigenvalue weighted by Crippen LogP contribution is -2.12. The van der Waals surface area contributed by atoms with Crippen molar-refractivity contribution in [3.63, 3.8) is 0 Å². The van der Waals surface area contributed by atoms with Crippen molar-refractivity contribution < 1.29 is 18.7 Å². The van der Waals surface area contributed by atoms with Crippen LogP contribution in [0.3, 0.4) is 0 Å². The number of benzene rings is 1. The van der Waals surface area contributed by atoms with Gasteiger partial charge in [-0.15, -0.1) is 0 Å². The highest BCUT2D eigenvalue weighted by molar-refractivity contribution is 6.32. The Hall–Kier alpha value is -2.14. The molecule has 6 heteroatoms. The molecule has 1 heterocycles. The van der Waals surface area contributed by atoms with Crippen molar-refractivity contribution in [1.29, 1.82) is 0 Å². The maximum Gasteiger partial charge on any atom is 0.260 e. The van der Waals surface area contributed by atoms with Crippen molar-refractivity contribution in [1.82, 2.24) is 0 Å². The van der Waals surface area contributed by atoms with Crippen molar-refractivity contribution >= 4 is 23.2 Å². The Bertz CT molecular complexity index is 624. The minimum absolute atomic E-state index is 0.0476. The molecule has 0 atom stereocenters. The molecule has 0 spiro atoms. The van der Waals surface area contributed by atoms with Crippen LogP contribution in [0.5, 0.6) is 11.5 Å². The first-order valence-electron chi connectivity index (χ1n) is 6.59. The average Bonchev–Trinajstić information content (AvgIpc) is 2.88. The van der Waals surface area contributed by atoms with Gasteiger partial charge in [0, 0.05) is 6.07 Å². The lowest BCUT2D eigenvalue weighted by molar-refractivity contribution is 0.102. The van der Waals surface area contributed by atoms with E-state index in [4.69, 9.17) is 25.5 Å².